The van der Waals surface area contributed by atoms with Crippen molar-refractivity contribution < 1.29 is 14.7 Å². The van der Waals surface area contributed by atoms with Gasteiger partial charge in [-0.05, 0) is 0 Å². The minimum Gasteiger partial charge on any atom is -0.478 e. The zero-order valence-electron chi connectivity index (χ0n) is 7.55. The number of thioether (sulfide) groups is 1. The molecule has 1 fully saturated rings. The van der Waals surface area contributed by atoms with E-state index in [-0.39, 0.29) is 28.9 Å². The summed E-state index contributed by atoms with van der Waals surface area (Å²) in [6.45, 7) is 0. The van der Waals surface area contributed by atoms with Gasteiger partial charge in [0.2, 0.25) is 5.91 Å². The van der Waals surface area contributed by atoms with Crippen molar-refractivity contribution >= 4 is 52.0 Å². The largest absolute Gasteiger partial charge is 0.478 e. The van der Waals surface area contributed by atoms with Crippen molar-refractivity contribution in [3.63, 3.8) is 0 Å². The van der Waals surface area contributed by atoms with E-state index in [1.165, 1.54) is 22.9 Å². The van der Waals surface area contributed by atoms with Crippen LogP contribution in [0.3, 0.4) is 0 Å². The highest BCUT2D eigenvalue weighted by Crippen LogP contribution is 2.40. The van der Waals surface area contributed by atoms with Crippen LogP contribution in [-0.4, -0.2) is 37.8 Å². The number of carboxylic acid groups (broad SMARTS) is 1. The van der Waals surface area contributed by atoms with E-state index in [9.17, 15) is 9.59 Å². The van der Waals surface area contributed by atoms with E-state index >= 15 is 0 Å². The van der Waals surface area contributed by atoms with Crippen LogP contribution >= 0.6 is 40.1 Å². The zero-order valence-corrected chi connectivity index (χ0v) is 10.8. The van der Waals surface area contributed by atoms with E-state index in [1.807, 2.05) is 0 Å². The summed E-state index contributed by atoms with van der Waals surface area (Å²) in [5.74, 6) is -0.936. The Morgan fingerprint density at radius 1 is 1.73 bits per heavy atom. The van der Waals surface area contributed by atoms with E-state index in [0.717, 1.165) is 0 Å². The van der Waals surface area contributed by atoms with Gasteiger partial charge in [-0.25, -0.2) is 4.79 Å². The van der Waals surface area contributed by atoms with Gasteiger partial charge < -0.3 is 10.0 Å². The number of aliphatic carboxylic acids is 1. The van der Waals surface area contributed by atoms with Crippen molar-refractivity contribution in [2.24, 2.45) is 0 Å². The Morgan fingerprint density at radius 2 is 2.40 bits per heavy atom. The molecular weight excluding hydrogens is 306 g/mol. The Morgan fingerprint density at radius 3 is 2.87 bits per heavy atom. The number of hydrogen-bond donors (Lipinski definition) is 1. The lowest BCUT2D eigenvalue weighted by Crippen LogP contribution is -2.51. The van der Waals surface area contributed by atoms with Crippen LogP contribution in [0.5, 0.6) is 0 Å². The predicted molar refractivity (Wildman–Crippen MR) is 63.4 cm³/mol. The molecule has 0 radical (unpaired) electrons. The fourth-order valence-corrected chi connectivity index (χ4v) is 3.59. The molecule has 2 aliphatic rings. The molecule has 2 atom stereocenters. The number of halogens is 2. The van der Waals surface area contributed by atoms with Gasteiger partial charge in [-0.2, -0.15) is 0 Å². The Bertz CT molecular complexity index is 336. The highest BCUT2D eigenvalue weighted by atomic mass is 79.9. The second kappa shape index (κ2) is 4.76. The molecule has 1 saturated heterocycles. The van der Waals surface area contributed by atoms with Gasteiger partial charge in [0.15, 0.2) is 0 Å². The number of alkyl halides is 1. The fourth-order valence-electron chi connectivity index (χ4n) is 1.48. The molecule has 4 nitrogen and oxygen atoms in total. The first-order chi connectivity index (χ1) is 6.63. The molecule has 84 valence electrons. The monoisotopic (exact) mass is 313 g/mol. The van der Waals surface area contributed by atoms with Crippen LogP contribution in [0.2, 0.25) is 0 Å². The van der Waals surface area contributed by atoms with E-state index in [0.29, 0.717) is 17.3 Å². The Labute approximate surface area is 106 Å². The van der Waals surface area contributed by atoms with Gasteiger partial charge in [-0.1, -0.05) is 15.9 Å². The van der Waals surface area contributed by atoms with Gasteiger partial charge in [-0.3, -0.25) is 4.79 Å². The van der Waals surface area contributed by atoms with Gasteiger partial charge in [0, 0.05) is 11.5 Å². The molecule has 7 heteroatoms. The average Bonchev–Trinajstić information content (AvgIpc) is 2.14. The van der Waals surface area contributed by atoms with Crippen molar-refractivity contribution in [3.8, 4) is 0 Å². The summed E-state index contributed by atoms with van der Waals surface area (Å²) < 4.78 is 0. The Balaban J connectivity index is 0.00000112. The van der Waals surface area contributed by atoms with E-state index in [1.54, 1.807) is 0 Å². The normalized spacial score (nSPS) is 28.5. The first-order valence-electron chi connectivity index (χ1n) is 4.11. The summed E-state index contributed by atoms with van der Waals surface area (Å²) in [4.78, 5) is 23.5. The molecule has 15 heavy (non-hydrogen) atoms. The second-order valence-electron chi connectivity index (χ2n) is 3.13. The maximum atomic E-state index is 11.1. The van der Waals surface area contributed by atoms with Crippen molar-refractivity contribution in [2.75, 3.05) is 5.33 Å². The SMILES string of the molecule is Cl.O=C(O)C1=CN2C(=O)C[C@H]2SC1CBr. The Hall–Kier alpha value is -0.200. The summed E-state index contributed by atoms with van der Waals surface area (Å²) in [5.41, 5.74) is 0.302. The van der Waals surface area contributed by atoms with Gasteiger partial charge in [0.1, 0.15) is 0 Å². The van der Waals surface area contributed by atoms with Crippen LogP contribution in [0, 0.1) is 0 Å². The zero-order chi connectivity index (χ0) is 10.3. The fraction of sp³-hybridized carbons (Fsp3) is 0.500. The van der Waals surface area contributed by atoms with Crippen molar-refractivity contribution in [2.45, 2.75) is 17.0 Å². The number of carbonyl (C=O) groups excluding carboxylic acids is 1. The maximum absolute atomic E-state index is 11.1. The number of hydrogen-bond acceptors (Lipinski definition) is 3. The molecule has 0 spiro atoms. The summed E-state index contributed by atoms with van der Waals surface area (Å²) in [6, 6.07) is 0. The van der Waals surface area contributed by atoms with Crippen LogP contribution in [0.25, 0.3) is 0 Å². The Kier molecular flexibility index (Phi) is 4.08. The first-order valence-corrected chi connectivity index (χ1v) is 6.17. The lowest BCUT2D eigenvalue weighted by molar-refractivity contribution is -0.138. The second-order valence-corrected chi connectivity index (χ2v) is 5.16. The first kappa shape index (κ1) is 12.9. The maximum Gasteiger partial charge on any atom is 0.334 e. The summed E-state index contributed by atoms with van der Waals surface area (Å²) in [6.07, 6.45) is 2.00. The minimum absolute atomic E-state index is 0. The summed E-state index contributed by atoms with van der Waals surface area (Å²) in [7, 11) is 0. The minimum atomic E-state index is -0.944. The molecule has 0 bridgehead atoms. The number of rotatable bonds is 2. The molecular formula is C8H9BrClNO3S. The highest BCUT2D eigenvalue weighted by molar-refractivity contribution is 9.09. The third-order valence-corrected chi connectivity index (χ3v) is 4.81. The van der Waals surface area contributed by atoms with Crippen molar-refractivity contribution in [3.05, 3.63) is 11.8 Å². The van der Waals surface area contributed by atoms with Gasteiger partial charge >= 0.3 is 5.97 Å². The van der Waals surface area contributed by atoms with Crippen LogP contribution in [-0.2, 0) is 9.59 Å². The third kappa shape index (κ3) is 2.16. The third-order valence-electron chi connectivity index (χ3n) is 2.28. The summed E-state index contributed by atoms with van der Waals surface area (Å²) in [5, 5.41) is 9.61. The topological polar surface area (TPSA) is 57.6 Å². The van der Waals surface area contributed by atoms with Gasteiger partial charge in [-0.15, -0.1) is 24.2 Å². The van der Waals surface area contributed by atoms with Crippen LogP contribution in [0.1, 0.15) is 6.42 Å². The lowest BCUT2D eigenvalue weighted by atomic mass is 10.1. The predicted octanol–water partition coefficient (Wildman–Crippen LogP) is 1.45. The molecule has 0 saturated carbocycles. The van der Waals surface area contributed by atoms with E-state index in [4.69, 9.17) is 5.11 Å². The smallest absolute Gasteiger partial charge is 0.334 e. The number of carboxylic acids is 1. The van der Waals surface area contributed by atoms with E-state index < -0.39 is 5.97 Å². The van der Waals surface area contributed by atoms with Gasteiger partial charge in [0.25, 0.3) is 0 Å². The average molecular weight is 315 g/mol. The number of nitrogens with zero attached hydrogens (tertiary/aromatic N) is 1. The number of carbonyl (C=O) groups is 2. The van der Waals surface area contributed by atoms with Gasteiger partial charge in [0.05, 0.1) is 22.6 Å². The summed E-state index contributed by atoms with van der Waals surface area (Å²) >= 11 is 4.81. The lowest BCUT2D eigenvalue weighted by Gasteiger charge is -2.42. The van der Waals surface area contributed by atoms with E-state index in [2.05, 4.69) is 15.9 Å². The number of amides is 1. The molecule has 0 aromatic heterocycles. The van der Waals surface area contributed by atoms with Crippen LogP contribution in [0.15, 0.2) is 11.8 Å². The molecule has 1 N–H and O–H groups in total. The van der Waals surface area contributed by atoms with Crippen molar-refractivity contribution in [1.82, 2.24) is 4.90 Å². The quantitative estimate of drug-likeness (QED) is 0.619. The van der Waals surface area contributed by atoms with Crippen LogP contribution in [0.4, 0.5) is 0 Å². The van der Waals surface area contributed by atoms with Crippen molar-refractivity contribution in [1.29, 1.82) is 0 Å². The van der Waals surface area contributed by atoms with Crippen LogP contribution < -0.4 is 0 Å². The molecule has 0 aromatic rings. The molecule has 1 unspecified atom stereocenters. The highest BCUT2D eigenvalue weighted by Gasteiger charge is 2.42. The molecule has 0 aliphatic carbocycles. The molecule has 1 amide bonds. The number of fused-ring (bicyclic) bond motifs is 1. The molecule has 2 heterocycles. The standard InChI is InChI=1S/C8H8BrNO3S.ClH/c9-2-5-4(8(12)13)3-10-6(11)1-7(10)14-5;/h3,5,7H,1-2H2,(H,12,13);1H/t5?,7-;/m1./s1. The number of β-lactam (4-membered cyclic amide) rings is 1. The molecule has 0 aromatic carbocycles. The molecule has 2 aliphatic heterocycles. The molecule has 2 rings (SSSR count).